The van der Waals surface area contributed by atoms with Gasteiger partial charge in [0, 0.05) is 34.1 Å². The smallest absolute Gasteiger partial charge is 0.397 e. The third-order valence-corrected chi connectivity index (χ3v) is 19.0. The standard InChI is InChI=1S/C53H88N4O48S3/c1-13(61)54-25-17(65)5-53(52(79)80,104-43(25)29(67)18(66)6-58)105-45-32(70)20(8-60)96-51(39(45)77)102-42-28(57-16(4)64)46(78)94-21(33(42)71)9-90-47-26(55-14(2)62)34(72)40(23(98-47)11-92-107(84,85)86)101-50-38(76)44(31(69)19(7-59)95-50)103-48-27(56-15(3)63)35(73)41(24(99-48)12-93-108(87,88)89)100-49-37(75)36(74)30(68)22(97-49)10-91-106(81,82)83/h17-51,58-60,65-78H,5-12H2,1-4H3,(H,54,61)(H,55,62)(H,56,63)(H,57,64)(H,79,80)(H,81,82,83)(H,84,85,86)(H,87,88,89)/t17-,18+,19+,20+,21+,22+,23+,24+,25+,26+,27+,28+,29+,30-,31-,32-,33-,34+,35+,36-,37+,38+,39+,40+,41+,42+,43+,44-,45-,46?,47+,48-,49-,50-,51-,53-/m0/s1. The number of hydrogen-bond donors (Lipinski definition) is 25. The largest absolute Gasteiger partial charge is 0.477 e. The third kappa shape index (κ3) is 22.6. The molecule has 0 spiro atoms. The van der Waals surface area contributed by atoms with Gasteiger partial charge < -0.3 is 175 Å². The van der Waals surface area contributed by atoms with Gasteiger partial charge in [-0.1, -0.05) is 0 Å². The minimum absolute atomic E-state index is 0.830. The second-order valence-corrected chi connectivity index (χ2v) is 28.8. The first-order valence-electron chi connectivity index (χ1n) is 32.2. The Hall–Kier alpha value is -4.24. The number of carbonyl (C=O) groups excluding carboxylic acids is 4. The predicted molar refractivity (Wildman–Crippen MR) is 327 cm³/mol. The van der Waals surface area contributed by atoms with Crippen LogP contribution in [0.5, 0.6) is 0 Å². The van der Waals surface area contributed by atoms with Gasteiger partial charge in [0.1, 0.15) is 165 Å². The molecule has 0 aromatic carbocycles. The molecule has 7 rings (SSSR count). The number of nitrogens with one attached hydrogen (secondary N) is 4. The van der Waals surface area contributed by atoms with Crippen LogP contribution in [0.3, 0.4) is 0 Å². The molecule has 52 nitrogen and oxygen atoms in total. The highest BCUT2D eigenvalue weighted by Gasteiger charge is 2.62. The van der Waals surface area contributed by atoms with Crippen molar-refractivity contribution in [2.75, 3.05) is 46.2 Å². The van der Waals surface area contributed by atoms with Crippen molar-refractivity contribution in [3.63, 3.8) is 0 Å². The van der Waals surface area contributed by atoms with Crippen LogP contribution >= 0.6 is 0 Å². The van der Waals surface area contributed by atoms with E-state index in [1.807, 2.05) is 0 Å². The van der Waals surface area contributed by atoms with E-state index in [2.05, 4.69) is 33.8 Å². The van der Waals surface area contributed by atoms with Gasteiger partial charge in [0.25, 0.3) is 5.79 Å². The Labute approximate surface area is 609 Å². The molecule has 0 aliphatic carbocycles. The van der Waals surface area contributed by atoms with Crippen LogP contribution in [0.1, 0.15) is 34.1 Å². The maximum Gasteiger partial charge on any atom is 0.397 e. The number of ether oxygens (including phenoxy) is 13. The number of carboxylic acids is 1. The molecule has 626 valence electrons. The molecule has 0 aromatic heterocycles. The fourth-order valence-corrected chi connectivity index (χ4v) is 13.6. The van der Waals surface area contributed by atoms with Crippen molar-refractivity contribution in [3.8, 4) is 0 Å². The molecule has 0 bridgehead atoms. The molecular weight excluding hydrogens is 1560 g/mol. The summed E-state index contributed by atoms with van der Waals surface area (Å²) in [5.41, 5.74) is 0. The van der Waals surface area contributed by atoms with Crippen LogP contribution in [-0.4, -0.2) is 427 Å². The molecule has 25 N–H and O–H groups in total. The highest BCUT2D eigenvalue weighted by Crippen LogP contribution is 2.41. The zero-order chi connectivity index (χ0) is 80.9. The number of aliphatic hydroxyl groups is 17. The maximum absolute atomic E-state index is 13.2. The van der Waals surface area contributed by atoms with Gasteiger partial charge in [0.2, 0.25) is 23.6 Å². The van der Waals surface area contributed by atoms with Crippen molar-refractivity contribution in [3.05, 3.63) is 0 Å². The number of carbonyl (C=O) groups is 5. The molecular formula is C53H88N4O48S3. The molecule has 7 aliphatic rings. The zero-order valence-electron chi connectivity index (χ0n) is 56.5. The van der Waals surface area contributed by atoms with E-state index >= 15 is 0 Å². The third-order valence-electron chi connectivity index (χ3n) is 17.7. The van der Waals surface area contributed by atoms with Gasteiger partial charge >= 0.3 is 37.2 Å². The Kier molecular flexibility index (Phi) is 31.8. The first-order valence-corrected chi connectivity index (χ1v) is 36.3. The summed E-state index contributed by atoms with van der Waals surface area (Å²) in [6.45, 7) is -5.56. The number of aliphatic carboxylic acids is 1. The molecule has 7 aliphatic heterocycles. The Morgan fingerprint density at radius 2 is 0.806 bits per heavy atom. The van der Waals surface area contributed by atoms with Gasteiger partial charge in [-0.25, -0.2) is 17.3 Å². The lowest BCUT2D eigenvalue weighted by atomic mass is 9.88. The minimum Gasteiger partial charge on any atom is -0.477 e. The Morgan fingerprint density at radius 1 is 0.426 bits per heavy atom. The highest BCUT2D eigenvalue weighted by molar-refractivity contribution is 7.81. The molecule has 1 unspecified atom stereocenters. The van der Waals surface area contributed by atoms with Gasteiger partial charge in [-0.3, -0.25) is 32.8 Å². The zero-order valence-corrected chi connectivity index (χ0v) is 59.0. The first kappa shape index (κ1) is 90.9. The summed E-state index contributed by atoms with van der Waals surface area (Å²) in [4.78, 5) is 63.6. The van der Waals surface area contributed by atoms with Gasteiger partial charge in [-0.05, 0) is 0 Å². The van der Waals surface area contributed by atoms with Gasteiger partial charge in [0.05, 0.1) is 58.4 Å². The van der Waals surface area contributed by atoms with E-state index in [0.29, 0.717) is 0 Å². The lowest BCUT2D eigenvalue weighted by Crippen LogP contribution is -2.71. The summed E-state index contributed by atoms with van der Waals surface area (Å²) in [6.07, 6.45) is -72.0. The highest BCUT2D eigenvalue weighted by atomic mass is 32.3. The van der Waals surface area contributed by atoms with Crippen molar-refractivity contribution >= 4 is 60.8 Å². The van der Waals surface area contributed by atoms with Gasteiger partial charge in [0.15, 0.2) is 37.7 Å². The second-order valence-electron chi connectivity index (χ2n) is 25.6. The molecule has 36 atom stereocenters. The van der Waals surface area contributed by atoms with Crippen LogP contribution in [0, 0.1) is 0 Å². The molecule has 7 saturated heterocycles. The van der Waals surface area contributed by atoms with Crippen LogP contribution in [0.25, 0.3) is 0 Å². The van der Waals surface area contributed by atoms with Crippen molar-refractivity contribution in [2.24, 2.45) is 0 Å². The average Bonchev–Trinajstić information content (AvgIpc) is 0.748. The minimum atomic E-state index is -5.56. The topological polar surface area (TPSA) is 808 Å². The molecule has 7 heterocycles. The summed E-state index contributed by atoms with van der Waals surface area (Å²) < 4.78 is 187. The van der Waals surface area contributed by atoms with Crippen LogP contribution in [0.4, 0.5) is 0 Å². The SMILES string of the molecule is CC(=O)N[C@H]1[C@H](O[C@H]2[C@@H](O)[C@@H](CO)O[C@@H](O[C@H]3[C@H](O)[C@@H](NC(C)=O)[C@H](OC[C@H]4OC(O)[C@H](NC(C)=O)[C@@H](O[C@@H]5O[C@H](CO)[C@H](O)[C@H](O[C@]6(C(=O)O)C[C@H](O)[C@@H](NC(C)=O)[C@H]([C@H](O)[C@H](O)CO)O6)[C@H]5O)[C@H]4O)O[C@@H]3COS(=O)(=O)O)[C@@H]2O)O[C@H](COS(=O)(=O)O)[C@@H](O[C@@H]2O[C@H](COS(=O)(=O)O)[C@H](O)[C@H](O)[C@H]2O)[C@@H]1O. The van der Waals surface area contributed by atoms with Crippen molar-refractivity contribution < 1.29 is 229 Å². The summed E-state index contributed by atoms with van der Waals surface area (Å²) in [5, 5.41) is 209. The fraction of sp³-hybridized carbons (Fsp3) is 0.906. The van der Waals surface area contributed by atoms with E-state index in [0.717, 1.165) is 27.7 Å². The Bertz CT molecular complexity index is 3360. The average molecular weight is 1650 g/mol. The van der Waals surface area contributed by atoms with Crippen LogP contribution in [0.2, 0.25) is 0 Å². The monoisotopic (exact) mass is 1640 g/mol. The molecule has 0 aromatic rings. The summed E-state index contributed by atoms with van der Waals surface area (Å²) in [7, 11) is -16.3. The van der Waals surface area contributed by atoms with Crippen LogP contribution in [-0.2, 0) is 129 Å². The normalized spacial score (nSPS) is 42.7. The molecule has 0 saturated carbocycles. The van der Waals surface area contributed by atoms with Gasteiger partial charge in [-0.15, -0.1) is 0 Å². The van der Waals surface area contributed by atoms with E-state index in [4.69, 9.17) is 66.1 Å². The van der Waals surface area contributed by atoms with Crippen molar-refractivity contribution in [1.82, 2.24) is 21.3 Å². The number of amides is 4. The second kappa shape index (κ2) is 37.8. The molecule has 4 amide bonds. The fourth-order valence-electron chi connectivity index (χ4n) is 12.6. The summed E-state index contributed by atoms with van der Waals surface area (Å²) in [5.74, 6) is -9.46. The predicted octanol–water partition coefficient (Wildman–Crippen LogP) is -17.0. The van der Waals surface area contributed by atoms with Crippen molar-refractivity contribution in [1.29, 1.82) is 0 Å². The number of rotatable bonds is 32. The molecule has 0 radical (unpaired) electrons. The number of carboxylic acid groups (broad SMARTS) is 1. The van der Waals surface area contributed by atoms with E-state index in [9.17, 15) is 150 Å². The van der Waals surface area contributed by atoms with Crippen LogP contribution < -0.4 is 21.3 Å². The number of aliphatic hydroxyl groups excluding tert-OH is 17. The molecule has 7 fully saturated rings. The van der Waals surface area contributed by atoms with Gasteiger partial charge in [-0.2, -0.15) is 25.3 Å². The lowest BCUT2D eigenvalue weighted by molar-refractivity contribution is -0.382. The van der Waals surface area contributed by atoms with E-state index in [1.165, 1.54) is 0 Å². The summed E-state index contributed by atoms with van der Waals surface area (Å²) in [6, 6.07) is -7.89. The van der Waals surface area contributed by atoms with Crippen molar-refractivity contribution in [2.45, 2.75) is 254 Å². The lowest BCUT2D eigenvalue weighted by Gasteiger charge is -2.51. The molecule has 108 heavy (non-hydrogen) atoms. The van der Waals surface area contributed by atoms with E-state index < -0.39 is 334 Å². The van der Waals surface area contributed by atoms with E-state index in [1.54, 1.807) is 0 Å². The Morgan fingerprint density at radius 3 is 1.27 bits per heavy atom. The maximum atomic E-state index is 13.2. The van der Waals surface area contributed by atoms with E-state index in [-0.39, 0.29) is 0 Å². The number of hydrogen-bond acceptors (Lipinski definition) is 44. The first-order chi connectivity index (χ1) is 50.1. The summed E-state index contributed by atoms with van der Waals surface area (Å²) >= 11 is 0. The van der Waals surface area contributed by atoms with Crippen LogP contribution in [0.15, 0.2) is 0 Å². The molecule has 55 heteroatoms. The Balaban J connectivity index is 1.14. The quantitative estimate of drug-likeness (QED) is 0.0278.